The third kappa shape index (κ3) is 32.4. The van der Waals surface area contributed by atoms with Crippen LogP contribution in [0.5, 0.6) is 0 Å². The summed E-state index contributed by atoms with van der Waals surface area (Å²) in [5.74, 6) is 0.986. The number of hydrogen-bond acceptors (Lipinski definition) is 14. The van der Waals surface area contributed by atoms with Crippen molar-refractivity contribution in [3.05, 3.63) is 130 Å². The van der Waals surface area contributed by atoms with Gasteiger partial charge in [0.2, 0.25) is 16.5 Å². The maximum Gasteiger partial charge on any atom is 0.261 e. The summed E-state index contributed by atoms with van der Waals surface area (Å²) < 4.78 is 32.7. The molecule has 2 heterocycles. The number of nitrogens with zero attached hydrogens (tertiary/aromatic N) is 12. The van der Waals surface area contributed by atoms with Gasteiger partial charge < -0.3 is 24.8 Å². The largest absolute Gasteiger partial charge is 0.355 e. The van der Waals surface area contributed by atoms with E-state index in [2.05, 4.69) is 109 Å². The summed E-state index contributed by atoms with van der Waals surface area (Å²) in [5, 5.41) is 19.3. The minimum absolute atomic E-state index is 0. The molecule has 6 rings (SSSR count). The number of fused-ring (bicyclic) bond motifs is 1. The van der Waals surface area contributed by atoms with Crippen LogP contribution in [0, 0.1) is 79.0 Å². The zero-order valence-corrected chi connectivity index (χ0v) is 48.7. The van der Waals surface area contributed by atoms with Crippen molar-refractivity contribution < 1.29 is 45.5 Å². The van der Waals surface area contributed by atoms with E-state index >= 15 is 0 Å². The summed E-state index contributed by atoms with van der Waals surface area (Å²) in [6, 6.07) is 24.5. The van der Waals surface area contributed by atoms with Crippen molar-refractivity contribution >= 4 is 67.1 Å². The van der Waals surface area contributed by atoms with Crippen LogP contribution < -0.4 is 4.90 Å². The number of azo groups is 2. The van der Waals surface area contributed by atoms with E-state index in [9.17, 15) is 8.42 Å². The number of rotatable bonds is 4. The third-order valence-corrected chi connectivity index (χ3v) is 7.48. The van der Waals surface area contributed by atoms with E-state index in [1.807, 2.05) is 123 Å². The van der Waals surface area contributed by atoms with Gasteiger partial charge in [-0.05, 0) is 136 Å². The molecule has 1 N–H and O–H groups in total. The van der Waals surface area contributed by atoms with E-state index < -0.39 is 10.1 Å². The summed E-state index contributed by atoms with van der Waals surface area (Å²) >= 11 is 11.0. The van der Waals surface area contributed by atoms with Crippen LogP contribution in [0.1, 0.15) is 76.6 Å². The first-order chi connectivity index (χ1) is 31.0. The molecule has 4 aromatic carbocycles. The Morgan fingerprint density at radius 1 is 0.652 bits per heavy atom. The van der Waals surface area contributed by atoms with Crippen molar-refractivity contribution in [1.82, 2.24) is 34.8 Å². The fraction of sp³-hybridized carbons (Fsp3) is 0.404. The SMILES string of the molecule is CC.CC.CC.CN(C)C.CN(C)c1nc(Cl)nc(Cl)n1.CN=Nc1ccccc1C.CS(=O)(=O)O.Cc1ccccc1N=Nc1ccc2ccc(C)c(C)c2c1C.[3H]c1n[c-]nc(C)n1.[U]. The van der Waals surface area contributed by atoms with Crippen LogP contribution >= 0.6 is 23.2 Å². The van der Waals surface area contributed by atoms with Crippen LogP contribution in [0.2, 0.25) is 10.6 Å². The molecule has 0 bridgehead atoms. The summed E-state index contributed by atoms with van der Waals surface area (Å²) in [4.78, 5) is 25.4. The molecule has 0 radical (unpaired) electrons. The number of aromatic nitrogens is 6. The van der Waals surface area contributed by atoms with Crippen LogP contribution in [0.25, 0.3) is 10.8 Å². The molecule has 66 heavy (non-hydrogen) atoms. The van der Waals surface area contributed by atoms with E-state index in [1.54, 1.807) is 33.0 Å². The van der Waals surface area contributed by atoms with Crippen molar-refractivity contribution in [2.24, 2.45) is 20.5 Å². The molecule has 0 spiro atoms. The standard InChI is InChI=1S/C20H20N2.C8H10N2.C5H6Cl2N4.C4H4N3.C3H9N.3C2H6.CH4O3S.U/c1-13-9-10-17-11-12-19(16(4)20(17)15(13)3)22-21-18-8-6-5-7-14(18)2;1-7-5-3-4-6-8(7)10-9-2;1-11(2)5-9-3(6)8-4(7)10-5;1-4-6-2-5-3-7-4;1-4(2)3;3*1-2;1-5(2,3)4;/h5-12H,1-4H3;3-6H,1-2H3;1-2H3;2H,1H3;1-3H3;3*1-2H3;1H3,(H,2,3,4);/q;;;-1;;;;;;/i;;;2T;;;;;;. The number of halogens is 2. The molecule has 0 aliphatic carbocycles. The zero-order valence-electron chi connectivity index (χ0n) is 43.2. The molecule has 19 heteroatoms. The van der Waals surface area contributed by atoms with Crippen LogP contribution in [-0.4, -0.2) is 96.3 Å². The molecular formula is C47H71Cl2N12O3SU-. The minimum Gasteiger partial charge on any atom is -0.355 e. The first-order valence-corrected chi connectivity index (χ1v) is 23.3. The van der Waals surface area contributed by atoms with E-state index in [1.165, 1.54) is 27.5 Å². The summed E-state index contributed by atoms with van der Waals surface area (Å²) in [6.45, 7) is 24.2. The fourth-order valence-corrected chi connectivity index (χ4v) is 4.68. The van der Waals surface area contributed by atoms with Crippen LogP contribution in [-0.2, 0) is 10.1 Å². The second-order valence-electron chi connectivity index (χ2n) is 13.1. The van der Waals surface area contributed by atoms with Gasteiger partial charge in [0.05, 0.1) is 23.3 Å². The Bertz CT molecular complexity index is 2400. The second kappa shape index (κ2) is 39.8. The minimum atomic E-state index is -3.67. The van der Waals surface area contributed by atoms with E-state index in [-0.39, 0.29) is 48.0 Å². The molecule has 0 saturated heterocycles. The van der Waals surface area contributed by atoms with Gasteiger partial charge in [0.1, 0.15) is 0 Å². The molecule has 0 atom stereocenters. The Morgan fingerprint density at radius 2 is 1.08 bits per heavy atom. The normalized spacial score (nSPS) is 9.89. The maximum absolute atomic E-state index is 9.19. The molecule has 0 aliphatic heterocycles. The van der Waals surface area contributed by atoms with Crippen molar-refractivity contribution in [1.29, 1.82) is 0 Å². The second-order valence-corrected chi connectivity index (χ2v) is 15.3. The molecule has 362 valence electrons. The van der Waals surface area contributed by atoms with Gasteiger partial charge in [-0.2, -0.15) is 43.8 Å². The summed E-state index contributed by atoms with van der Waals surface area (Å²) in [6.07, 6.45) is 2.96. The van der Waals surface area contributed by atoms with Crippen LogP contribution in [0.3, 0.4) is 0 Å². The zero-order chi connectivity index (χ0) is 51.6. The van der Waals surface area contributed by atoms with Gasteiger partial charge in [-0.1, -0.05) is 103 Å². The smallest absolute Gasteiger partial charge is 0.261 e. The Kier molecular flexibility index (Phi) is 39.8. The van der Waals surface area contributed by atoms with Gasteiger partial charge in [-0.15, -0.1) is 0 Å². The van der Waals surface area contributed by atoms with Crippen molar-refractivity contribution in [3.8, 4) is 0 Å². The van der Waals surface area contributed by atoms with Gasteiger partial charge in [-0.3, -0.25) is 4.55 Å². The molecule has 2 aromatic heterocycles. The van der Waals surface area contributed by atoms with Crippen molar-refractivity contribution in [2.45, 2.75) is 83.1 Å². The van der Waals surface area contributed by atoms with E-state index in [4.69, 9.17) is 29.1 Å². The molecule has 0 saturated carbocycles. The molecule has 0 fully saturated rings. The Labute approximate surface area is 431 Å². The van der Waals surface area contributed by atoms with Crippen molar-refractivity contribution in [2.75, 3.05) is 53.4 Å². The average Bonchev–Trinajstić information content (AvgIpc) is 3.25. The number of anilines is 1. The Balaban J connectivity index is -0.000000378. The molecule has 0 aliphatic rings. The van der Waals surface area contributed by atoms with Crippen LogP contribution in [0.4, 0.5) is 23.0 Å². The maximum atomic E-state index is 9.19. The number of hydrogen-bond donors (Lipinski definition) is 1. The molecule has 15 nitrogen and oxygen atoms in total. The van der Waals surface area contributed by atoms with Crippen molar-refractivity contribution in [3.63, 3.8) is 0 Å². The first-order valence-electron chi connectivity index (χ1n) is 21.2. The predicted molar refractivity (Wildman–Crippen MR) is 274 cm³/mol. The van der Waals surface area contributed by atoms with E-state index in [0.717, 1.165) is 28.2 Å². The topological polar surface area (TPSA) is 188 Å². The van der Waals surface area contributed by atoms with Gasteiger partial charge in [0.25, 0.3) is 10.1 Å². The van der Waals surface area contributed by atoms with Crippen LogP contribution in [0.15, 0.2) is 99.6 Å². The molecule has 0 amide bonds. The molecule has 6 aromatic rings. The summed E-state index contributed by atoms with van der Waals surface area (Å²) in [5.41, 5.74) is 8.92. The number of aryl methyl sites for hydroxylation is 6. The first kappa shape index (κ1) is 65.9. The van der Waals surface area contributed by atoms with E-state index in [0.29, 0.717) is 18.0 Å². The number of benzene rings is 4. The van der Waals surface area contributed by atoms with Gasteiger partial charge in [0.15, 0.2) is 0 Å². The van der Waals surface area contributed by atoms with Gasteiger partial charge in [-0.25, -0.2) is 0 Å². The Morgan fingerprint density at radius 3 is 1.47 bits per heavy atom. The Hall–Kier alpha value is -4.34. The van der Waals surface area contributed by atoms with Gasteiger partial charge in [0, 0.05) is 72.1 Å². The third-order valence-electron chi connectivity index (χ3n) is 7.14. The predicted octanol–water partition coefficient (Wildman–Crippen LogP) is 13.2. The fourth-order valence-electron chi connectivity index (χ4n) is 4.33. The molecule has 0 unspecified atom stereocenters. The summed E-state index contributed by atoms with van der Waals surface area (Å²) in [7, 11) is 7.59. The monoisotopic (exact) mass is 1190 g/mol. The molecular weight excluding hydrogens is 1120 g/mol. The average molecular weight is 1200 g/mol. The van der Waals surface area contributed by atoms with Gasteiger partial charge >= 0.3 is 0 Å². The quantitative estimate of drug-likeness (QED) is 0.100.